The molecule has 0 aliphatic carbocycles. The summed E-state index contributed by atoms with van der Waals surface area (Å²) in [5, 5.41) is 3.10. The molecule has 0 spiro atoms. The second-order valence-electron chi connectivity index (χ2n) is 4.60. The van der Waals surface area contributed by atoms with Crippen LogP contribution in [-0.4, -0.2) is 18.5 Å². The molecule has 0 saturated heterocycles. The molecule has 0 saturated carbocycles. The van der Waals surface area contributed by atoms with Crippen LogP contribution in [-0.2, 0) is 4.79 Å². The fraction of sp³-hybridized carbons (Fsp3) is 0.533. The van der Waals surface area contributed by atoms with Crippen LogP contribution >= 0.6 is 0 Å². The van der Waals surface area contributed by atoms with Crippen molar-refractivity contribution in [1.29, 1.82) is 0 Å². The van der Waals surface area contributed by atoms with Gasteiger partial charge in [0.15, 0.2) is 0 Å². The molecular weight excluding hydrogens is 224 g/mol. The first kappa shape index (κ1) is 14.7. The zero-order valence-electron chi connectivity index (χ0n) is 11.4. The van der Waals surface area contributed by atoms with Crippen LogP contribution in [0, 0.1) is 0 Å². The molecule has 1 aromatic carbocycles. The van der Waals surface area contributed by atoms with E-state index in [1.165, 1.54) is 0 Å². The van der Waals surface area contributed by atoms with Crippen LogP contribution in [0.15, 0.2) is 30.3 Å². The van der Waals surface area contributed by atoms with Gasteiger partial charge >= 0.3 is 0 Å². The molecular formula is C15H24N2O. The van der Waals surface area contributed by atoms with Gasteiger partial charge in [-0.05, 0) is 18.4 Å². The van der Waals surface area contributed by atoms with E-state index in [1.807, 2.05) is 30.3 Å². The minimum Gasteiger partial charge on any atom is -0.353 e. The SMILES string of the molecule is CCCC(CC)NC(=O)C(CN)c1ccccc1. The molecule has 3 N–H and O–H groups in total. The lowest BCUT2D eigenvalue weighted by atomic mass is 9.97. The monoisotopic (exact) mass is 248 g/mol. The van der Waals surface area contributed by atoms with E-state index < -0.39 is 0 Å². The Bertz CT molecular complexity index is 351. The Morgan fingerprint density at radius 2 is 1.94 bits per heavy atom. The molecule has 3 heteroatoms. The molecule has 100 valence electrons. The Balaban J connectivity index is 2.68. The quantitative estimate of drug-likeness (QED) is 0.778. The Morgan fingerprint density at radius 1 is 1.28 bits per heavy atom. The lowest BCUT2D eigenvalue weighted by Crippen LogP contribution is -2.39. The molecule has 0 radical (unpaired) electrons. The minimum atomic E-state index is -0.239. The number of nitrogens with one attached hydrogen (secondary N) is 1. The summed E-state index contributed by atoms with van der Waals surface area (Å²) < 4.78 is 0. The molecule has 2 atom stereocenters. The van der Waals surface area contributed by atoms with E-state index in [9.17, 15) is 4.79 Å². The molecule has 1 aromatic rings. The number of hydrogen-bond donors (Lipinski definition) is 2. The van der Waals surface area contributed by atoms with Crippen molar-refractivity contribution in [3.8, 4) is 0 Å². The molecule has 0 heterocycles. The number of carbonyl (C=O) groups is 1. The maximum atomic E-state index is 12.2. The third-order valence-corrected chi connectivity index (χ3v) is 3.23. The standard InChI is InChI=1S/C15H24N2O/c1-3-8-13(4-2)17-15(18)14(11-16)12-9-6-5-7-10-12/h5-7,9-10,13-14H,3-4,8,11,16H2,1-2H3,(H,17,18). The minimum absolute atomic E-state index is 0.0454. The third-order valence-electron chi connectivity index (χ3n) is 3.23. The second kappa shape index (κ2) is 7.88. The summed E-state index contributed by atoms with van der Waals surface area (Å²) in [7, 11) is 0. The molecule has 2 unspecified atom stereocenters. The Kier molecular flexibility index (Phi) is 6.44. The predicted molar refractivity (Wildman–Crippen MR) is 75.4 cm³/mol. The van der Waals surface area contributed by atoms with E-state index in [0.717, 1.165) is 24.8 Å². The van der Waals surface area contributed by atoms with Gasteiger partial charge in [0.2, 0.25) is 5.91 Å². The molecule has 3 nitrogen and oxygen atoms in total. The molecule has 0 aromatic heterocycles. The molecule has 0 bridgehead atoms. The maximum Gasteiger partial charge on any atom is 0.229 e. The Morgan fingerprint density at radius 3 is 2.44 bits per heavy atom. The fourth-order valence-corrected chi connectivity index (χ4v) is 2.11. The first-order valence-corrected chi connectivity index (χ1v) is 6.78. The number of benzene rings is 1. The first-order chi connectivity index (χ1) is 8.72. The van der Waals surface area contributed by atoms with Crippen LogP contribution in [0.25, 0.3) is 0 Å². The molecule has 0 fully saturated rings. The van der Waals surface area contributed by atoms with Gasteiger partial charge in [0, 0.05) is 12.6 Å². The van der Waals surface area contributed by atoms with Crippen LogP contribution in [0.1, 0.15) is 44.6 Å². The third kappa shape index (κ3) is 4.15. The van der Waals surface area contributed by atoms with Crippen LogP contribution < -0.4 is 11.1 Å². The van der Waals surface area contributed by atoms with Gasteiger partial charge in [-0.1, -0.05) is 50.6 Å². The van der Waals surface area contributed by atoms with Crippen molar-refractivity contribution in [2.75, 3.05) is 6.54 Å². The number of nitrogens with two attached hydrogens (primary N) is 1. The van der Waals surface area contributed by atoms with Gasteiger partial charge in [0.1, 0.15) is 0 Å². The molecule has 18 heavy (non-hydrogen) atoms. The summed E-state index contributed by atoms with van der Waals surface area (Å²) in [6.45, 7) is 4.57. The predicted octanol–water partition coefficient (Wildman–Crippen LogP) is 2.42. The Labute approximate surface area is 110 Å². The lowest BCUT2D eigenvalue weighted by molar-refractivity contribution is -0.123. The summed E-state index contributed by atoms with van der Waals surface area (Å²) in [6.07, 6.45) is 3.07. The topological polar surface area (TPSA) is 55.1 Å². The van der Waals surface area contributed by atoms with Crippen LogP contribution in [0.3, 0.4) is 0 Å². The highest BCUT2D eigenvalue weighted by Gasteiger charge is 2.20. The summed E-state index contributed by atoms with van der Waals surface area (Å²) in [5.41, 5.74) is 6.73. The van der Waals surface area contributed by atoms with Gasteiger partial charge in [0.25, 0.3) is 0 Å². The van der Waals surface area contributed by atoms with Gasteiger partial charge < -0.3 is 11.1 Å². The average molecular weight is 248 g/mol. The van der Waals surface area contributed by atoms with Crippen molar-refractivity contribution < 1.29 is 4.79 Å². The highest BCUT2D eigenvalue weighted by Crippen LogP contribution is 2.15. The zero-order chi connectivity index (χ0) is 13.4. The van der Waals surface area contributed by atoms with Gasteiger partial charge in [-0.15, -0.1) is 0 Å². The normalized spacial score (nSPS) is 13.9. The van der Waals surface area contributed by atoms with Gasteiger partial charge in [-0.25, -0.2) is 0 Å². The smallest absolute Gasteiger partial charge is 0.229 e. The van der Waals surface area contributed by atoms with E-state index in [1.54, 1.807) is 0 Å². The van der Waals surface area contributed by atoms with E-state index in [-0.39, 0.29) is 17.9 Å². The zero-order valence-corrected chi connectivity index (χ0v) is 11.4. The summed E-state index contributed by atoms with van der Waals surface area (Å²) >= 11 is 0. The summed E-state index contributed by atoms with van der Waals surface area (Å²) in [5.74, 6) is -0.193. The molecule has 0 aliphatic heterocycles. The van der Waals surface area contributed by atoms with Crippen molar-refractivity contribution in [3.05, 3.63) is 35.9 Å². The first-order valence-electron chi connectivity index (χ1n) is 6.78. The molecule has 1 rings (SSSR count). The average Bonchev–Trinajstić information content (AvgIpc) is 2.40. The Hall–Kier alpha value is -1.35. The van der Waals surface area contributed by atoms with E-state index in [2.05, 4.69) is 19.2 Å². The molecule has 0 aliphatic rings. The van der Waals surface area contributed by atoms with E-state index in [0.29, 0.717) is 6.54 Å². The van der Waals surface area contributed by atoms with Crippen molar-refractivity contribution in [2.24, 2.45) is 5.73 Å². The summed E-state index contributed by atoms with van der Waals surface area (Å²) in [6, 6.07) is 10.0. The van der Waals surface area contributed by atoms with Gasteiger partial charge in [-0.3, -0.25) is 4.79 Å². The fourth-order valence-electron chi connectivity index (χ4n) is 2.11. The van der Waals surface area contributed by atoms with Gasteiger partial charge in [-0.2, -0.15) is 0 Å². The van der Waals surface area contributed by atoms with E-state index in [4.69, 9.17) is 5.73 Å². The van der Waals surface area contributed by atoms with Crippen molar-refractivity contribution in [1.82, 2.24) is 5.32 Å². The molecule has 1 amide bonds. The van der Waals surface area contributed by atoms with E-state index >= 15 is 0 Å². The second-order valence-corrected chi connectivity index (χ2v) is 4.60. The van der Waals surface area contributed by atoms with Gasteiger partial charge in [0.05, 0.1) is 5.92 Å². The number of carbonyl (C=O) groups excluding carboxylic acids is 1. The number of hydrogen-bond acceptors (Lipinski definition) is 2. The van der Waals surface area contributed by atoms with Crippen LogP contribution in [0.2, 0.25) is 0 Å². The summed E-state index contributed by atoms with van der Waals surface area (Å²) in [4.78, 5) is 12.2. The lowest BCUT2D eigenvalue weighted by Gasteiger charge is -2.21. The van der Waals surface area contributed by atoms with Crippen LogP contribution in [0.5, 0.6) is 0 Å². The largest absolute Gasteiger partial charge is 0.353 e. The van der Waals surface area contributed by atoms with Crippen molar-refractivity contribution in [2.45, 2.75) is 45.1 Å². The highest BCUT2D eigenvalue weighted by atomic mass is 16.1. The van der Waals surface area contributed by atoms with Crippen LogP contribution in [0.4, 0.5) is 0 Å². The van der Waals surface area contributed by atoms with Crippen molar-refractivity contribution in [3.63, 3.8) is 0 Å². The maximum absolute atomic E-state index is 12.2. The number of rotatable bonds is 7. The van der Waals surface area contributed by atoms with Crippen molar-refractivity contribution >= 4 is 5.91 Å². The highest BCUT2D eigenvalue weighted by molar-refractivity contribution is 5.84. The number of amides is 1.